The highest BCUT2D eigenvalue weighted by Gasteiger charge is 2.55. The smallest absolute Gasteiger partial charge is 0.312 e. The number of ether oxygens (including phenoxy) is 2. The van der Waals surface area contributed by atoms with E-state index in [1.807, 2.05) is 7.11 Å². The molecule has 0 radical (unpaired) electrons. The predicted octanol–water partition coefficient (Wildman–Crippen LogP) is 4.25. The Balaban J connectivity index is 0. The van der Waals surface area contributed by atoms with E-state index in [2.05, 4.69) is 34.2 Å². The second-order valence-electron chi connectivity index (χ2n) is 9.58. The largest absolute Gasteiger partial charge is 1.00 e. The van der Waals surface area contributed by atoms with Gasteiger partial charge in [0.2, 0.25) is 0 Å². The van der Waals surface area contributed by atoms with Crippen LogP contribution < -0.4 is 12.4 Å². The number of unbranched alkanes of at least 4 members (excludes halogenated alkanes) is 11. The van der Waals surface area contributed by atoms with Gasteiger partial charge in [-0.15, -0.1) is 0 Å². The second kappa shape index (κ2) is 20.7. The summed E-state index contributed by atoms with van der Waals surface area (Å²) in [5, 5.41) is 0. The maximum atomic E-state index is 6.23. The molecule has 0 heterocycles. The van der Waals surface area contributed by atoms with Gasteiger partial charge in [-0.3, -0.25) is 0 Å². The molecule has 2 unspecified atom stereocenters. The van der Waals surface area contributed by atoms with Crippen LogP contribution in [0.4, 0.5) is 0 Å². The first-order valence-electron chi connectivity index (χ1n) is 13.4. The molecule has 0 spiro atoms. The Hall–Kier alpha value is 0.347. The van der Waals surface area contributed by atoms with Gasteiger partial charge < -0.3 is 30.8 Å². The molecule has 0 amide bonds. The second-order valence-corrected chi connectivity index (χ2v) is 13.5. The zero-order valence-electron chi connectivity index (χ0n) is 23.0. The van der Waals surface area contributed by atoms with E-state index in [0.29, 0.717) is 5.67 Å². The minimum Gasteiger partial charge on any atom is -1.00 e. The molecule has 0 rings (SSSR count). The summed E-state index contributed by atoms with van der Waals surface area (Å²) in [6.45, 7) is 15.2. The van der Waals surface area contributed by atoms with Crippen molar-refractivity contribution in [2.45, 2.75) is 129 Å². The molecule has 6 heteroatoms. The summed E-state index contributed by atoms with van der Waals surface area (Å²) in [5.74, 6) is -0.222. The fourth-order valence-corrected chi connectivity index (χ4v) is 9.80. The summed E-state index contributed by atoms with van der Waals surface area (Å²) in [4.78, 5) is 0. The lowest BCUT2D eigenvalue weighted by Crippen LogP contribution is -3.00. The van der Waals surface area contributed by atoms with Crippen molar-refractivity contribution in [2.75, 3.05) is 41.0 Å². The zero-order chi connectivity index (χ0) is 23.6. The average molecular weight is 496 g/mol. The highest BCUT2D eigenvalue weighted by Crippen LogP contribution is 2.31. The number of rotatable bonds is 22. The van der Waals surface area contributed by atoms with E-state index in [4.69, 9.17) is 13.9 Å². The molecule has 0 saturated heterocycles. The summed E-state index contributed by atoms with van der Waals surface area (Å²) in [6.07, 6.45) is 17.9. The van der Waals surface area contributed by atoms with Gasteiger partial charge in [-0.1, -0.05) is 78.1 Å². The van der Waals surface area contributed by atoms with Crippen LogP contribution in [0.3, 0.4) is 0 Å². The lowest BCUT2D eigenvalue weighted by atomic mass is 10.0. The Morgan fingerprint density at radius 2 is 1.06 bits per heavy atom. The van der Waals surface area contributed by atoms with Gasteiger partial charge in [-0.2, -0.15) is 0 Å². The minimum absolute atomic E-state index is 0. The van der Waals surface area contributed by atoms with Gasteiger partial charge in [0.15, 0.2) is 5.91 Å². The quantitative estimate of drug-likeness (QED) is 0.0972. The van der Waals surface area contributed by atoms with Crippen molar-refractivity contribution in [3.63, 3.8) is 0 Å². The molecule has 0 saturated carbocycles. The first kappa shape index (κ1) is 34.5. The van der Waals surface area contributed by atoms with Gasteiger partial charge in [-0.05, 0) is 39.7 Å². The molecule has 0 aromatic carbocycles. The van der Waals surface area contributed by atoms with Crippen molar-refractivity contribution in [2.24, 2.45) is 0 Å². The van der Waals surface area contributed by atoms with Crippen LogP contribution in [0.15, 0.2) is 0 Å². The number of quaternary nitrogens is 1. The zero-order valence-corrected chi connectivity index (χ0v) is 24.8. The molecular formula is C26H58ClNO3Si. The third kappa shape index (κ3) is 11.2. The van der Waals surface area contributed by atoms with Gasteiger partial charge in [0.05, 0.1) is 19.6 Å². The van der Waals surface area contributed by atoms with Crippen LogP contribution in [-0.2, 0) is 13.9 Å². The van der Waals surface area contributed by atoms with Crippen molar-refractivity contribution in [3.8, 4) is 0 Å². The van der Waals surface area contributed by atoms with Crippen LogP contribution in [-0.4, -0.2) is 65.3 Å². The first-order valence-corrected chi connectivity index (χ1v) is 16.0. The van der Waals surface area contributed by atoms with Crippen molar-refractivity contribution in [1.29, 1.82) is 0 Å². The van der Waals surface area contributed by atoms with Gasteiger partial charge in [0, 0.05) is 21.3 Å². The van der Waals surface area contributed by atoms with E-state index in [9.17, 15) is 0 Å². The SMILES string of the molecule is CCCCCCCCCCCCCC[N+](CC)(CC)C(CC)[Si](C)(OC)C(OC)OC.[Cl-]. The molecule has 32 heavy (non-hydrogen) atoms. The molecule has 0 aromatic rings. The summed E-state index contributed by atoms with van der Waals surface area (Å²) < 4.78 is 18.9. The Morgan fingerprint density at radius 3 is 1.38 bits per heavy atom. The minimum atomic E-state index is -2.23. The van der Waals surface area contributed by atoms with Crippen LogP contribution >= 0.6 is 0 Å². The topological polar surface area (TPSA) is 27.7 Å². The summed E-state index contributed by atoms with van der Waals surface area (Å²) in [5.41, 5.74) is 0.477. The van der Waals surface area contributed by atoms with Gasteiger partial charge in [0.25, 0.3) is 0 Å². The van der Waals surface area contributed by atoms with Crippen molar-refractivity contribution in [3.05, 3.63) is 0 Å². The molecule has 0 aliphatic carbocycles. The predicted molar refractivity (Wildman–Crippen MR) is 138 cm³/mol. The lowest BCUT2D eigenvalue weighted by Gasteiger charge is -2.50. The molecule has 4 nitrogen and oxygen atoms in total. The summed E-state index contributed by atoms with van der Waals surface area (Å²) in [6, 6.07) is 0. The van der Waals surface area contributed by atoms with E-state index in [0.717, 1.165) is 24.0 Å². The number of methoxy groups -OCH3 is 2. The molecular weight excluding hydrogens is 438 g/mol. The maximum absolute atomic E-state index is 6.23. The van der Waals surface area contributed by atoms with Crippen LogP contribution in [0.25, 0.3) is 0 Å². The molecule has 0 fully saturated rings. The van der Waals surface area contributed by atoms with Crippen molar-refractivity contribution >= 4 is 8.32 Å². The van der Waals surface area contributed by atoms with Gasteiger partial charge >= 0.3 is 8.32 Å². The molecule has 0 aliphatic rings. The monoisotopic (exact) mass is 495 g/mol. The van der Waals surface area contributed by atoms with E-state index >= 15 is 0 Å². The lowest BCUT2D eigenvalue weighted by molar-refractivity contribution is -0.939. The Kier molecular flexibility index (Phi) is 22.3. The standard InChI is InChI=1S/C26H58NO3Si.ClH/c1-9-13-14-15-16-17-18-19-20-21-22-23-24-27(11-3,12-4)25(10-2)31(8,30-7)26(28-5)29-6;/h25-26H,9-24H2,1-8H3;1H/q+1;/p-1. The molecule has 2 atom stereocenters. The highest BCUT2D eigenvalue weighted by atomic mass is 35.5. The van der Waals surface area contributed by atoms with Gasteiger partial charge in [-0.25, -0.2) is 0 Å². The van der Waals surface area contributed by atoms with Crippen LogP contribution in [0.5, 0.6) is 0 Å². The molecule has 196 valence electrons. The third-order valence-electron chi connectivity index (χ3n) is 7.76. The average Bonchev–Trinajstić information content (AvgIpc) is 2.79. The van der Waals surface area contributed by atoms with E-state index in [1.165, 1.54) is 83.6 Å². The molecule has 0 aromatic heterocycles. The first-order chi connectivity index (χ1) is 15.0. The normalized spacial score (nSPS) is 14.9. The number of nitrogens with zero attached hydrogens (tertiary/aromatic N) is 1. The fraction of sp³-hybridized carbons (Fsp3) is 1.00. The Morgan fingerprint density at radius 1 is 0.656 bits per heavy atom. The summed E-state index contributed by atoms with van der Waals surface area (Å²) >= 11 is 0. The van der Waals surface area contributed by atoms with Crippen molar-refractivity contribution in [1.82, 2.24) is 0 Å². The van der Waals surface area contributed by atoms with Crippen molar-refractivity contribution < 1.29 is 30.8 Å². The van der Waals surface area contributed by atoms with E-state index < -0.39 is 8.32 Å². The Labute approximate surface area is 209 Å². The Bertz CT molecular complexity index is 409. The number of hydrogen-bond donors (Lipinski definition) is 0. The molecule has 0 N–H and O–H groups in total. The molecule has 0 bridgehead atoms. The molecule has 0 aliphatic heterocycles. The third-order valence-corrected chi connectivity index (χ3v) is 12.3. The van der Waals surface area contributed by atoms with Crippen LogP contribution in [0, 0.1) is 0 Å². The van der Waals surface area contributed by atoms with E-state index in [1.54, 1.807) is 14.2 Å². The van der Waals surface area contributed by atoms with Crippen LogP contribution in [0.2, 0.25) is 6.55 Å². The van der Waals surface area contributed by atoms with Gasteiger partial charge in [0.1, 0.15) is 5.67 Å². The fourth-order valence-electron chi connectivity index (χ4n) is 5.69. The number of hydrogen-bond acceptors (Lipinski definition) is 3. The highest BCUT2D eigenvalue weighted by molar-refractivity contribution is 6.74. The van der Waals surface area contributed by atoms with E-state index in [-0.39, 0.29) is 18.3 Å². The maximum Gasteiger partial charge on any atom is 0.312 e. The van der Waals surface area contributed by atoms with Crippen LogP contribution in [0.1, 0.15) is 111 Å². The number of halogens is 1. The summed E-state index contributed by atoms with van der Waals surface area (Å²) in [7, 11) is 3.14.